The number of hydrogen-bond acceptors (Lipinski definition) is 2. The quantitative estimate of drug-likeness (QED) is 0.830. The third kappa shape index (κ3) is 4.35. The minimum Gasteiger partial charge on any atom is -0.479 e. The van der Waals surface area contributed by atoms with E-state index in [1.807, 2.05) is 0 Å². The zero-order valence-corrected chi connectivity index (χ0v) is 13.0. The number of aliphatic carboxylic acids is 1. The lowest BCUT2D eigenvalue weighted by Crippen LogP contribution is -2.15. The third-order valence-corrected chi connectivity index (χ3v) is 3.79. The highest BCUT2D eigenvalue weighted by atomic mass is 35.5. The molecule has 0 heterocycles. The summed E-state index contributed by atoms with van der Waals surface area (Å²) in [5.74, 6) is -1.07. The Balaban J connectivity index is 2.11. The number of carboxylic acids is 1. The molecule has 0 saturated heterocycles. The van der Waals surface area contributed by atoms with Gasteiger partial charge in [0.25, 0.3) is 0 Å². The Kier molecular flexibility index (Phi) is 5.48. The summed E-state index contributed by atoms with van der Waals surface area (Å²) in [6, 6.07) is 11.5. The van der Waals surface area contributed by atoms with Crippen molar-refractivity contribution in [3.63, 3.8) is 0 Å². The van der Waals surface area contributed by atoms with E-state index >= 15 is 0 Å². The number of halogens is 3. The normalized spacial score (nSPS) is 12.1. The standard InChI is InChI=1S/C15H11Cl3O3/c16-11-4-2-10(3-5-11)14(15(19)20)21-8-9-1-6-12(17)13(18)7-9/h1-7,14H,8H2,(H,19,20)/t14-/m1/s1. The molecule has 0 aliphatic carbocycles. The van der Waals surface area contributed by atoms with E-state index in [4.69, 9.17) is 39.5 Å². The van der Waals surface area contributed by atoms with Crippen molar-refractivity contribution in [1.82, 2.24) is 0 Å². The van der Waals surface area contributed by atoms with E-state index < -0.39 is 12.1 Å². The van der Waals surface area contributed by atoms with Gasteiger partial charge in [-0.25, -0.2) is 4.79 Å². The summed E-state index contributed by atoms with van der Waals surface area (Å²) in [7, 11) is 0. The summed E-state index contributed by atoms with van der Waals surface area (Å²) in [5, 5.41) is 10.6. The molecule has 0 aliphatic heterocycles. The van der Waals surface area contributed by atoms with Crippen LogP contribution in [-0.2, 0) is 16.1 Å². The Labute approximate surface area is 137 Å². The van der Waals surface area contributed by atoms with Crippen LogP contribution in [-0.4, -0.2) is 11.1 Å². The van der Waals surface area contributed by atoms with Crippen LogP contribution in [0.25, 0.3) is 0 Å². The second-order valence-corrected chi connectivity index (χ2v) is 5.58. The Hall–Kier alpha value is -1.26. The first-order chi connectivity index (χ1) is 9.97. The molecular formula is C15H11Cl3O3. The van der Waals surface area contributed by atoms with Gasteiger partial charge in [0, 0.05) is 5.02 Å². The maximum Gasteiger partial charge on any atom is 0.337 e. The predicted octanol–water partition coefficient (Wildman–Crippen LogP) is 4.99. The van der Waals surface area contributed by atoms with Crippen molar-refractivity contribution in [2.45, 2.75) is 12.7 Å². The van der Waals surface area contributed by atoms with Gasteiger partial charge in [-0.15, -0.1) is 0 Å². The van der Waals surface area contributed by atoms with E-state index in [-0.39, 0.29) is 6.61 Å². The molecule has 0 bridgehead atoms. The first-order valence-electron chi connectivity index (χ1n) is 6.01. The van der Waals surface area contributed by atoms with Gasteiger partial charge in [0.1, 0.15) is 0 Å². The molecule has 3 nitrogen and oxygen atoms in total. The molecule has 6 heteroatoms. The highest BCUT2D eigenvalue weighted by Gasteiger charge is 2.20. The highest BCUT2D eigenvalue weighted by molar-refractivity contribution is 6.42. The third-order valence-electron chi connectivity index (χ3n) is 2.80. The molecule has 21 heavy (non-hydrogen) atoms. The van der Waals surface area contributed by atoms with E-state index in [2.05, 4.69) is 0 Å². The van der Waals surface area contributed by atoms with Crippen LogP contribution in [0, 0.1) is 0 Å². The monoisotopic (exact) mass is 344 g/mol. The Bertz CT molecular complexity index is 641. The lowest BCUT2D eigenvalue weighted by atomic mass is 10.1. The lowest BCUT2D eigenvalue weighted by Gasteiger charge is -2.14. The smallest absolute Gasteiger partial charge is 0.337 e. The van der Waals surface area contributed by atoms with Crippen molar-refractivity contribution in [1.29, 1.82) is 0 Å². The van der Waals surface area contributed by atoms with Crippen LogP contribution in [0.1, 0.15) is 17.2 Å². The average molecular weight is 346 g/mol. The lowest BCUT2D eigenvalue weighted by molar-refractivity contribution is -0.151. The van der Waals surface area contributed by atoms with E-state index in [0.29, 0.717) is 20.6 Å². The minimum atomic E-state index is -1.07. The first-order valence-corrected chi connectivity index (χ1v) is 7.14. The van der Waals surface area contributed by atoms with Crippen molar-refractivity contribution in [2.75, 3.05) is 0 Å². The molecule has 2 aromatic carbocycles. The number of ether oxygens (including phenoxy) is 1. The predicted molar refractivity (Wildman–Crippen MR) is 83.1 cm³/mol. The van der Waals surface area contributed by atoms with E-state index in [0.717, 1.165) is 5.56 Å². The van der Waals surface area contributed by atoms with Crippen molar-refractivity contribution in [2.24, 2.45) is 0 Å². The van der Waals surface area contributed by atoms with Crippen molar-refractivity contribution in [3.8, 4) is 0 Å². The average Bonchev–Trinajstić information content (AvgIpc) is 2.44. The fraction of sp³-hybridized carbons (Fsp3) is 0.133. The molecule has 0 unspecified atom stereocenters. The van der Waals surface area contributed by atoms with E-state index in [1.54, 1.807) is 42.5 Å². The van der Waals surface area contributed by atoms with Crippen LogP contribution in [0.3, 0.4) is 0 Å². The molecule has 0 radical (unpaired) electrons. The molecule has 2 rings (SSSR count). The van der Waals surface area contributed by atoms with Gasteiger partial charge < -0.3 is 9.84 Å². The summed E-state index contributed by atoms with van der Waals surface area (Å²) in [5.41, 5.74) is 1.26. The Morgan fingerprint density at radius 2 is 1.71 bits per heavy atom. The van der Waals surface area contributed by atoms with Crippen molar-refractivity contribution < 1.29 is 14.6 Å². The minimum absolute atomic E-state index is 0.108. The molecule has 0 fully saturated rings. The molecule has 0 aromatic heterocycles. The van der Waals surface area contributed by atoms with Gasteiger partial charge in [0.15, 0.2) is 6.10 Å². The van der Waals surface area contributed by atoms with Gasteiger partial charge in [-0.05, 0) is 35.4 Å². The molecule has 0 saturated carbocycles. The van der Waals surface area contributed by atoms with Gasteiger partial charge in [0.05, 0.1) is 16.7 Å². The summed E-state index contributed by atoms with van der Waals surface area (Å²) in [6.07, 6.45) is -1.07. The fourth-order valence-electron chi connectivity index (χ4n) is 1.76. The van der Waals surface area contributed by atoms with Crippen LogP contribution in [0.5, 0.6) is 0 Å². The molecular weight excluding hydrogens is 335 g/mol. The largest absolute Gasteiger partial charge is 0.479 e. The maximum absolute atomic E-state index is 11.3. The molecule has 0 aliphatic rings. The van der Waals surface area contributed by atoms with Gasteiger partial charge in [-0.1, -0.05) is 53.0 Å². The fourth-order valence-corrected chi connectivity index (χ4v) is 2.20. The summed E-state index contributed by atoms with van der Waals surface area (Å²) < 4.78 is 5.47. The summed E-state index contributed by atoms with van der Waals surface area (Å²) in [4.78, 5) is 11.3. The van der Waals surface area contributed by atoms with Crippen molar-refractivity contribution >= 4 is 40.8 Å². The van der Waals surface area contributed by atoms with Gasteiger partial charge in [-0.3, -0.25) is 0 Å². The Morgan fingerprint density at radius 3 is 2.29 bits per heavy atom. The van der Waals surface area contributed by atoms with Crippen LogP contribution in [0.15, 0.2) is 42.5 Å². The van der Waals surface area contributed by atoms with E-state index in [9.17, 15) is 9.90 Å². The molecule has 0 amide bonds. The number of benzene rings is 2. The number of hydrogen-bond donors (Lipinski definition) is 1. The summed E-state index contributed by atoms with van der Waals surface area (Å²) >= 11 is 17.5. The van der Waals surface area contributed by atoms with Crippen LogP contribution >= 0.6 is 34.8 Å². The molecule has 110 valence electrons. The van der Waals surface area contributed by atoms with Gasteiger partial charge in [-0.2, -0.15) is 0 Å². The van der Waals surface area contributed by atoms with E-state index in [1.165, 1.54) is 0 Å². The van der Waals surface area contributed by atoms with Gasteiger partial charge >= 0.3 is 5.97 Å². The number of carbonyl (C=O) groups is 1. The van der Waals surface area contributed by atoms with Crippen LogP contribution < -0.4 is 0 Å². The zero-order chi connectivity index (χ0) is 15.4. The molecule has 1 atom stereocenters. The molecule has 1 N–H and O–H groups in total. The Morgan fingerprint density at radius 1 is 1.05 bits per heavy atom. The second-order valence-electron chi connectivity index (χ2n) is 4.33. The highest BCUT2D eigenvalue weighted by Crippen LogP contribution is 2.25. The maximum atomic E-state index is 11.3. The first kappa shape index (κ1) is 16.1. The van der Waals surface area contributed by atoms with Gasteiger partial charge in [0.2, 0.25) is 0 Å². The number of carboxylic acid groups (broad SMARTS) is 1. The summed E-state index contributed by atoms with van der Waals surface area (Å²) in [6.45, 7) is 0.108. The molecule has 2 aromatic rings. The molecule has 0 spiro atoms. The van der Waals surface area contributed by atoms with Crippen molar-refractivity contribution in [3.05, 3.63) is 68.7 Å². The topological polar surface area (TPSA) is 46.5 Å². The van der Waals surface area contributed by atoms with Crippen LogP contribution in [0.2, 0.25) is 15.1 Å². The zero-order valence-electron chi connectivity index (χ0n) is 10.7. The van der Waals surface area contributed by atoms with Crippen LogP contribution in [0.4, 0.5) is 0 Å². The number of rotatable bonds is 5. The SMILES string of the molecule is O=C(O)[C@H](OCc1ccc(Cl)c(Cl)c1)c1ccc(Cl)cc1. The second kappa shape index (κ2) is 7.14.